The Labute approximate surface area is 181 Å². The lowest BCUT2D eigenvalue weighted by atomic mass is 10.2. The summed E-state index contributed by atoms with van der Waals surface area (Å²) in [5.41, 5.74) is 1.55. The van der Waals surface area contributed by atoms with Crippen molar-refractivity contribution in [3.63, 3.8) is 0 Å². The van der Waals surface area contributed by atoms with E-state index in [2.05, 4.69) is 15.0 Å². The molecule has 1 aromatic heterocycles. The van der Waals surface area contributed by atoms with E-state index in [1.54, 1.807) is 35.2 Å². The van der Waals surface area contributed by atoms with E-state index < -0.39 is 22.0 Å². The third kappa shape index (κ3) is 4.54. The van der Waals surface area contributed by atoms with Gasteiger partial charge in [-0.1, -0.05) is 6.07 Å². The first-order valence-corrected chi connectivity index (χ1v) is 11.8. The molecule has 0 radical (unpaired) electrons. The van der Waals surface area contributed by atoms with Gasteiger partial charge in [0.1, 0.15) is 5.82 Å². The van der Waals surface area contributed by atoms with Crippen LogP contribution in [0.15, 0.2) is 47.5 Å². The molecule has 1 saturated heterocycles. The van der Waals surface area contributed by atoms with Gasteiger partial charge in [-0.15, -0.1) is 0 Å². The highest BCUT2D eigenvalue weighted by Gasteiger charge is 2.31. The molecular weight excluding hydrogens is 418 g/mol. The largest absolute Gasteiger partial charge is 0.324 e. The Morgan fingerprint density at radius 3 is 2.58 bits per heavy atom. The SMILES string of the molecule is CC(NS(=O)(=O)c1ccc2c(c1)CCN2C(=O)N1CCCC1)C(=O)Nc1ccccn1. The average molecular weight is 444 g/mol. The Hall–Kier alpha value is -2.98. The van der Waals surface area contributed by atoms with Gasteiger partial charge in [0.25, 0.3) is 0 Å². The molecule has 0 saturated carbocycles. The van der Waals surface area contributed by atoms with Crippen LogP contribution in [-0.2, 0) is 21.2 Å². The number of rotatable bonds is 5. The van der Waals surface area contributed by atoms with Crippen molar-refractivity contribution in [2.45, 2.75) is 37.1 Å². The quantitative estimate of drug-likeness (QED) is 0.734. The van der Waals surface area contributed by atoms with Crippen LogP contribution in [0.1, 0.15) is 25.3 Å². The second-order valence-corrected chi connectivity index (χ2v) is 9.43. The molecule has 1 atom stereocenters. The van der Waals surface area contributed by atoms with E-state index in [1.165, 1.54) is 19.2 Å². The molecule has 2 aromatic rings. The number of urea groups is 1. The molecule has 2 aliphatic heterocycles. The van der Waals surface area contributed by atoms with Crippen LogP contribution < -0.4 is 14.9 Å². The van der Waals surface area contributed by atoms with Gasteiger partial charge in [-0.25, -0.2) is 18.2 Å². The maximum atomic E-state index is 12.8. The monoisotopic (exact) mass is 443 g/mol. The maximum absolute atomic E-state index is 12.8. The lowest BCUT2D eigenvalue weighted by Crippen LogP contribution is -2.41. The Bertz CT molecular complexity index is 1080. The first-order valence-electron chi connectivity index (χ1n) is 10.3. The van der Waals surface area contributed by atoms with Crippen LogP contribution in [0.3, 0.4) is 0 Å². The first-order chi connectivity index (χ1) is 14.8. The van der Waals surface area contributed by atoms with E-state index in [9.17, 15) is 18.0 Å². The lowest BCUT2D eigenvalue weighted by Gasteiger charge is -2.24. The second kappa shape index (κ2) is 8.64. The average Bonchev–Trinajstić information content (AvgIpc) is 3.43. The van der Waals surface area contributed by atoms with Crippen molar-refractivity contribution in [3.05, 3.63) is 48.2 Å². The zero-order valence-corrected chi connectivity index (χ0v) is 18.1. The van der Waals surface area contributed by atoms with Gasteiger partial charge in [0, 0.05) is 31.5 Å². The van der Waals surface area contributed by atoms with Crippen molar-refractivity contribution in [2.24, 2.45) is 0 Å². The van der Waals surface area contributed by atoms with Crippen LogP contribution >= 0.6 is 0 Å². The molecule has 1 fully saturated rings. The van der Waals surface area contributed by atoms with Crippen LogP contribution in [0.2, 0.25) is 0 Å². The number of nitrogens with zero attached hydrogens (tertiary/aromatic N) is 3. The molecule has 0 spiro atoms. The highest BCUT2D eigenvalue weighted by Crippen LogP contribution is 2.31. The van der Waals surface area contributed by atoms with Gasteiger partial charge in [0.05, 0.1) is 10.9 Å². The Morgan fingerprint density at radius 2 is 1.87 bits per heavy atom. The highest BCUT2D eigenvalue weighted by molar-refractivity contribution is 7.89. The van der Waals surface area contributed by atoms with Crippen LogP contribution in [0.25, 0.3) is 0 Å². The third-order valence-electron chi connectivity index (χ3n) is 5.51. The summed E-state index contributed by atoms with van der Waals surface area (Å²) in [7, 11) is -3.92. The van der Waals surface area contributed by atoms with Crippen LogP contribution in [0.5, 0.6) is 0 Å². The lowest BCUT2D eigenvalue weighted by molar-refractivity contribution is -0.117. The zero-order chi connectivity index (χ0) is 22.0. The predicted molar refractivity (Wildman–Crippen MR) is 116 cm³/mol. The fourth-order valence-corrected chi connectivity index (χ4v) is 5.10. The number of anilines is 2. The van der Waals surface area contributed by atoms with Gasteiger partial charge in [-0.05, 0) is 62.1 Å². The van der Waals surface area contributed by atoms with Crippen molar-refractivity contribution in [1.82, 2.24) is 14.6 Å². The van der Waals surface area contributed by atoms with Gasteiger partial charge in [0.2, 0.25) is 15.9 Å². The van der Waals surface area contributed by atoms with Crippen molar-refractivity contribution in [2.75, 3.05) is 29.9 Å². The molecule has 2 aliphatic rings. The van der Waals surface area contributed by atoms with Gasteiger partial charge in [-0.3, -0.25) is 9.69 Å². The van der Waals surface area contributed by atoms with E-state index in [4.69, 9.17) is 0 Å². The number of pyridine rings is 1. The van der Waals surface area contributed by atoms with E-state index in [0.717, 1.165) is 37.2 Å². The van der Waals surface area contributed by atoms with Crippen molar-refractivity contribution < 1.29 is 18.0 Å². The van der Waals surface area contributed by atoms with E-state index in [-0.39, 0.29) is 10.9 Å². The fraction of sp³-hybridized carbons (Fsp3) is 0.381. The van der Waals surface area contributed by atoms with Crippen molar-refractivity contribution >= 4 is 33.5 Å². The summed E-state index contributed by atoms with van der Waals surface area (Å²) in [5, 5.41) is 2.58. The number of nitrogens with one attached hydrogen (secondary N) is 2. The summed E-state index contributed by atoms with van der Waals surface area (Å²) in [6, 6.07) is 8.77. The van der Waals surface area contributed by atoms with Gasteiger partial charge >= 0.3 is 6.03 Å². The van der Waals surface area contributed by atoms with Crippen LogP contribution in [0.4, 0.5) is 16.3 Å². The number of carbonyl (C=O) groups excluding carboxylic acids is 2. The standard InChI is InChI=1S/C21H25N5O4S/c1-15(20(27)23-19-6-2-3-10-22-19)24-31(29,30)17-7-8-18-16(14-17)9-13-26(18)21(28)25-11-4-5-12-25/h2-3,6-8,10,14-15,24H,4-5,9,11-13H2,1H3,(H,22,23,27). The molecule has 0 aliphatic carbocycles. The Balaban J connectivity index is 1.45. The molecule has 2 N–H and O–H groups in total. The molecule has 0 bridgehead atoms. The molecule has 3 amide bonds. The summed E-state index contributed by atoms with van der Waals surface area (Å²) in [4.78, 5) is 32.7. The molecule has 10 heteroatoms. The van der Waals surface area contributed by atoms with Gasteiger partial charge < -0.3 is 10.2 Å². The molecule has 4 rings (SSSR count). The van der Waals surface area contributed by atoms with Gasteiger partial charge in [-0.2, -0.15) is 4.72 Å². The van der Waals surface area contributed by atoms with E-state index in [1.807, 2.05) is 4.90 Å². The van der Waals surface area contributed by atoms with Gasteiger partial charge in [0.15, 0.2) is 0 Å². The molecule has 9 nitrogen and oxygen atoms in total. The third-order valence-corrected chi connectivity index (χ3v) is 7.04. The number of hydrogen-bond acceptors (Lipinski definition) is 5. The minimum absolute atomic E-state index is 0.0233. The number of aromatic nitrogens is 1. The molecule has 1 aromatic carbocycles. The number of carbonyl (C=O) groups is 2. The normalized spacial score (nSPS) is 16.8. The maximum Gasteiger partial charge on any atom is 0.324 e. The fourth-order valence-electron chi connectivity index (χ4n) is 3.85. The van der Waals surface area contributed by atoms with E-state index >= 15 is 0 Å². The number of hydrogen-bond donors (Lipinski definition) is 2. The molecule has 164 valence electrons. The molecular formula is C21H25N5O4S. The zero-order valence-electron chi connectivity index (χ0n) is 17.2. The second-order valence-electron chi connectivity index (χ2n) is 7.72. The predicted octanol–water partition coefficient (Wildman–Crippen LogP) is 1.97. The van der Waals surface area contributed by atoms with E-state index in [0.29, 0.717) is 18.8 Å². The summed E-state index contributed by atoms with van der Waals surface area (Å²) in [5.74, 6) is -0.162. The summed E-state index contributed by atoms with van der Waals surface area (Å²) in [6.45, 7) is 3.53. The number of likely N-dealkylation sites (tertiary alicyclic amines) is 1. The number of sulfonamides is 1. The number of benzene rings is 1. The minimum Gasteiger partial charge on any atom is -0.324 e. The summed E-state index contributed by atoms with van der Waals surface area (Å²) < 4.78 is 28.1. The minimum atomic E-state index is -3.92. The Morgan fingerprint density at radius 1 is 1.10 bits per heavy atom. The molecule has 1 unspecified atom stereocenters. The molecule has 3 heterocycles. The number of amides is 3. The Kier molecular flexibility index (Phi) is 5.92. The highest BCUT2D eigenvalue weighted by atomic mass is 32.2. The number of fused-ring (bicyclic) bond motifs is 1. The molecule has 31 heavy (non-hydrogen) atoms. The van der Waals surface area contributed by atoms with Crippen LogP contribution in [-0.4, -0.2) is 55.9 Å². The van der Waals surface area contributed by atoms with Crippen molar-refractivity contribution in [1.29, 1.82) is 0 Å². The summed E-state index contributed by atoms with van der Waals surface area (Å²) in [6.07, 6.45) is 4.16. The smallest absolute Gasteiger partial charge is 0.324 e. The van der Waals surface area contributed by atoms with Crippen molar-refractivity contribution in [3.8, 4) is 0 Å². The summed E-state index contributed by atoms with van der Waals surface area (Å²) >= 11 is 0. The van der Waals surface area contributed by atoms with Crippen LogP contribution in [0, 0.1) is 0 Å². The topological polar surface area (TPSA) is 112 Å². The first kappa shape index (κ1) is 21.3.